The van der Waals surface area contributed by atoms with Crippen molar-refractivity contribution in [3.05, 3.63) is 24.3 Å². The van der Waals surface area contributed by atoms with Gasteiger partial charge in [-0.05, 0) is 25.2 Å². The fraction of sp³-hybridized carbons (Fsp3) is 0.667. The van der Waals surface area contributed by atoms with Gasteiger partial charge in [0.15, 0.2) is 0 Å². The molecule has 0 radical (unpaired) electrons. The van der Waals surface area contributed by atoms with Gasteiger partial charge in [-0.3, -0.25) is 4.79 Å². The fourth-order valence-corrected chi connectivity index (χ4v) is 1.74. The molecule has 0 rings (SSSR count). The lowest BCUT2D eigenvalue weighted by atomic mass is 9.85. The molecule has 92 valence electrons. The van der Waals surface area contributed by atoms with E-state index in [1.807, 2.05) is 13.0 Å². The maximum Gasteiger partial charge on any atom is 0.136 e. The first-order valence-electron chi connectivity index (χ1n) is 6.19. The van der Waals surface area contributed by atoms with Gasteiger partial charge >= 0.3 is 0 Å². The average Bonchev–Trinajstić information content (AvgIpc) is 2.09. The summed E-state index contributed by atoms with van der Waals surface area (Å²) in [5.41, 5.74) is 1.04. The van der Waals surface area contributed by atoms with Gasteiger partial charge < -0.3 is 0 Å². The highest BCUT2D eigenvalue weighted by atomic mass is 16.1. The number of carbonyl (C=O) groups is 1. The Morgan fingerprint density at radius 2 is 1.81 bits per heavy atom. The Morgan fingerprint density at radius 3 is 2.19 bits per heavy atom. The van der Waals surface area contributed by atoms with Crippen molar-refractivity contribution in [3.63, 3.8) is 0 Å². The molecule has 1 heteroatoms. The second-order valence-corrected chi connectivity index (χ2v) is 5.40. The van der Waals surface area contributed by atoms with Crippen molar-refractivity contribution in [2.75, 3.05) is 0 Å². The fourth-order valence-electron chi connectivity index (χ4n) is 1.74. The summed E-state index contributed by atoms with van der Waals surface area (Å²) in [5, 5.41) is 0. The van der Waals surface area contributed by atoms with Gasteiger partial charge in [-0.1, -0.05) is 52.0 Å². The van der Waals surface area contributed by atoms with Crippen LogP contribution in [0.3, 0.4) is 0 Å². The minimum absolute atomic E-state index is 0.165. The third-order valence-electron chi connectivity index (χ3n) is 2.62. The molecule has 0 aliphatic heterocycles. The second-order valence-electron chi connectivity index (χ2n) is 5.40. The summed E-state index contributed by atoms with van der Waals surface area (Å²) in [6.45, 7) is 14.2. The van der Waals surface area contributed by atoms with Crippen LogP contribution in [0.25, 0.3) is 0 Å². The highest BCUT2D eigenvalue weighted by Gasteiger charge is 2.21. The smallest absolute Gasteiger partial charge is 0.136 e. The van der Waals surface area contributed by atoms with Crippen LogP contribution in [-0.4, -0.2) is 5.78 Å². The van der Waals surface area contributed by atoms with Crippen LogP contribution >= 0.6 is 0 Å². The van der Waals surface area contributed by atoms with E-state index in [-0.39, 0.29) is 5.92 Å². The first kappa shape index (κ1) is 15.2. The molecule has 0 saturated carbocycles. The van der Waals surface area contributed by atoms with Crippen molar-refractivity contribution in [1.82, 2.24) is 0 Å². The highest BCUT2D eigenvalue weighted by molar-refractivity contribution is 5.81. The summed E-state index contributed by atoms with van der Waals surface area (Å²) >= 11 is 0. The van der Waals surface area contributed by atoms with Crippen LogP contribution in [0.1, 0.15) is 47.5 Å². The lowest BCUT2D eigenvalue weighted by Gasteiger charge is -2.19. The van der Waals surface area contributed by atoms with Gasteiger partial charge in [-0.25, -0.2) is 0 Å². The van der Waals surface area contributed by atoms with Gasteiger partial charge in [-0.15, -0.1) is 0 Å². The van der Waals surface area contributed by atoms with Crippen LogP contribution in [0.15, 0.2) is 24.3 Å². The Labute approximate surface area is 101 Å². The zero-order valence-electron chi connectivity index (χ0n) is 11.4. The molecular formula is C15H26O. The first-order chi connectivity index (χ1) is 7.34. The lowest BCUT2D eigenvalue weighted by molar-refractivity contribution is -0.124. The molecule has 0 spiro atoms. The molecule has 0 aromatic heterocycles. The molecular weight excluding hydrogens is 196 g/mol. The molecule has 0 saturated heterocycles. The van der Waals surface area contributed by atoms with Crippen LogP contribution in [0.2, 0.25) is 0 Å². The quantitative estimate of drug-likeness (QED) is 0.584. The van der Waals surface area contributed by atoms with Gasteiger partial charge in [0, 0.05) is 12.3 Å². The second kappa shape index (κ2) is 7.43. The zero-order chi connectivity index (χ0) is 12.7. The summed E-state index contributed by atoms with van der Waals surface area (Å²) in [7, 11) is 0. The van der Waals surface area contributed by atoms with E-state index >= 15 is 0 Å². The molecule has 0 N–H and O–H groups in total. The molecule has 0 aliphatic carbocycles. The van der Waals surface area contributed by atoms with Crippen molar-refractivity contribution in [2.45, 2.75) is 47.5 Å². The highest BCUT2D eigenvalue weighted by Crippen LogP contribution is 2.21. The Bertz CT molecular complexity index is 259. The minimum Gasteiger partial charge on any atom is -0.299 e. The van der Waals surface area contributed by atoms with Crippen molar-refractivity contribution >= 4 is 5.78 Å². The van der Waals surface area contributed by atoms with Crippen LogP contribution in [0.4, 0.5) is 0 Å². The van der Waals surface area contributed by atoms with Crippen molar-refractivity contribution in [3.8, 4) is 0 Å². The third kappa shape index (κ3) is 6.60. The Hall–Kier alpha value is -0.850. The number of ketones is 1. The molecule has 1 nitrogen and oxygen atoms in total. The van der Waals surface area contributed by atoms with Crippen molar-refractivity contribution in [1.29, 1.82) is 0 Å². The van der Waals surface area contributed by atoms with E-state index in [2.05, 4.69) is 40.3 Å². The molecule has 0 aromatic carbocycles. The van der Waals surface area contributed by atoms with Gasteiger partial charge in [0.05, 0.1) is 0 Å². The van der Waals surface area contributed by atoms with Crippen LogP contribution in [-0.2, 0) is 4.79 Å². The van der Waals surface area contributed by atoms with Crippen molar-refractivity contribution in [2.24, 2.45) is 17.8 Å². The number of Topliss-reactive ketones (excluding diaryl/α,β-unsaturated/α-hetero) is 1. The molecule has 0 heterocycles. The zero-order valence-corrected chi connectivity index (χ0v) is 11.4. The predicted molar refractivity (Wildman–Crippen MR) is 71.4 cm³/mol. The lowest BCUT2D eigenvalue weighted by Crippen LogP contribution is -2.21. The van der Waals surface area contributed by atoms with E-state index in [9.17, 15) is 4.79 Å². The number of rotatable bonds is 7. The standard InChI is InChI=1S/C15H26O/c1-11(2)8-7-9-14(13(5)6)15(16)10-12(3)4/h7-8,12-14H,1,9-10H2,2-6H3. The van der Waals surface area contributed by atoms with E-state index in [1.54, 1.807) is 0 Å². The Kier molecular flexibility index (Phi) is 7.03. The van der Waals surface area contributed by atoms with Gasteiger partial charge in [0.25, 0.3) is 0 Å². The van der Waals surface area contributed by atoms with Crippen LogP contribution in [0.5, 0.6) is 0 Å². The molecule has 1 unspecified atom stereocenters. The summed E-state index contributed by atoms with van der Waals surface area (Å²) in [6.07, 6.45) is 5.61. The summed E-state index contributed by atoms with van der Waals surface area (Å²) in [4.78, 5) is 12.0. The van der Waals surface area contributed by atoms with E-state index in [1.165, 1.54) is 0 Å². The van der Waals surface area contributed by atoms with Crippen LogP contribution < -0.4 is 0 Å². The molecule has 16 heavy (non-hydrogen) atoms. The van der Waals surface area contributed by atoms with Gasteiger partial charge in [-0.2, -0.15) is 0 Å². The maximum absolute atomic E-state index is 12.0. The molecule has 0 bridgehead atoms. The summed E-state index contributed by atoms with van der Waals surface area (Å²) in [5.74, 6) is 1.44. The Balaban J connectivity index is 4.38. The summed E-state index contributed by atoms with van der Waals surface area (Å²) in [6, 6.07) is 0. The number of hydrogen-bond donors (Lipinski definition) is 0. The minimum atomic E-state index is 0.165. The number of allylic oxidation sites excluding steroid dienone is 3. The normalized spacial score (nSPS) is 13.7. The number of hydrogen-bond acceptors (Lipinski definition) is 1. The molecule has 1 atom stereocenters. The first-order valence-corrected chi connectivity index (χ1v) is 6.19. The SMILES string of the molecule is C=C(C)C=CCC(C(=O)CC(C)C)C(C)C. The van der Waals surface area contributed by atoms with E-state index in [0.717, 1.165) is 12.0 Å². The van der Waals surface area contributed by atoms with E-state index in [4.69, 9.17) is 0 Å². The number of carbonyl (C=O) groups excluding carboxylic acids is 1. The maximum atomic E-state index is 12.0. The van der Waals surface area contributed by atoms with Crippen LogP contribution in [0, 0.1) is 17.8 Å². The predicted octanol–water partition coefficient (Wildman–Crippen LogP) is 4.40. The monoisotopic (exact) mass is 222 g/mol. The van der Waals surface area contributed by atoms with Crippen molar-refractivity contribution < 1.29 is 4.79 Å². The van der Waals surface area contributed by atoms with E-state index in [0.29, 0.717) is 24.0 Å². The van der Waals surface area contributed by atoms with Gasteiger partial charge in [0.1, 0.15) is 5.78 Å². The third-order valence-corrected chi connectivity index (χ3v) is 2.62. The Morgan fingerprint density at radius 1 is 1.25 bits per heavy atom. The largest absolute Gasteiger partial charge is 0.299 e. The molecule has 0 aliphatic rings. The molecule has 0 amide bonds. The average molecular weight is 222 g/mol. The van der Waals surface area contributed by atoms with Gasteiger partial charge in [0.2, 0.25) is 0 Å². The summed E-state index contributed by atoms with van der Waals surface area (Å²) < 4.78 is 0. The topological polar surface area (TPSA) is 17.1 Å². The molecule has 0 aromatic rings. The van der Waals surface area contributed by atoms with E-state index < -0.39 is 0 Å². The molecule has 0 fully saturated rings.